The van der Waals surface area contributed by atoms with Crippen molar-refractivity contribution < 1.29 is 13.2 Å². The van der Waals surface area contributed by atoms with Crippen LogP contribution in [-0.2, 0) is 14.8 Å². The third kappa shape index (κ3) is 2.97. The molecule has 2 aliphatic rings. The Morgan fingerprint density at radius 2 is 2.05 bits per heavy atom. The summed E-state index contributed by atoms with van der Waals surface area (Å²) in [7, 11) is -3.48. The van der Waals surface area contributed by atoms with E-state index in [1.807, 2.05) is 11.8 Å². The fourth-order valence-corrected chi connectivity index (χ4v) is 5.95. The molecule has 0 bridgehead atoms. The highest BCUT2D eigenvalue weighted by atomic mass is 35.5. The van der Waals surface area contributed by atoms with E-state index in [9.17, 15) is 8.42 Å². The monoisotopic (exact) mass is 347 g/mol. The van der Waals surface area contributed by atoms with E-state index in [0.29, 0.717) is 23.0 Å². The van der Waals surface area contributed by atoms with Crippen LogP contribution in [0.25, 0.3) is 0 Å². The van der Waals surface area contributed by atoms with E-state index in [-0.39, 0.29) is 4.93 Å². The fraction of sp³-hybridized carbons (Fsp3) is 0.571. The molecule has 0 atom stereocenters. The van der Waals surface area contributed by atoms with Gasteiger partial charge in [0.25, 0.3) is 0 Å². The molecule has 116 valence electrons. The second-order valence-corrected chi connectivity index (χ2v) is 9.21. The molecule has 3 rings (SSSR count). The average molecular weight is 348 g/mol. The maximum Gasteiger partial charge on any atom is 0.243 e. The quantitative estimate of drug-likeness (QED) is 0.825. The molecule has 2 fully saturated rings. The highest BCUT2D eigenvalue weighted by molar-refractivity contribution is 8.00. The number of aryl methyl sites for hydroxylation is 1. The molecule has 2 saturated heterocycles. The summed E-state index contributed by atoms with van der Waals surface area (Å²) >= 11 is 7.77. The minimum atomic E-state index is -3.48. The molecule has 0 saturated carbocycles. The van der Waals surface area contributed by atoms with Gasteiger partial charge in [0.15, 0.2) is 0 Å². The van der Waals surface area contributed by atoms with Gasteiger partial charge in [-0.2, -0.15) is 4.31 Å². The van der Waals surface area contributed by atoms with Gasteiger partial charge in [-0.3, -0.25) is 0 Å². The Hall–Kier alpha value is -0.270. The Kier molecular flexibility index (Phi) is 4.27. The third-order valence-electron chi connectivity index (χ3n) is 4.07. The second-order valence-electron chi connectivity index (χ2n) is 5.42. The van der Waals surface area contributed by atoms with E-state index in [0.717, 1.165) is 30.8 Å². The number of sulfonamides is 1. The van der Waals surface area contributed by atoms with Gasteiger partial charge in [0.1, 0.15) is 4.93 Å². The zero-order valence-corrected chi connectivity index (χ0v) is 14.2. The molecule has 0 aromatic heterocycles. The van der Waals surface area contributed by atoms with E-state index in [4.69, 9.17) is 16.3 Å². The van der Waals surface area contributed by atoms with Gasteiger partial charge in [-0.1, -0.05) is 17.7 Å². The number of halogens is 1. The van der Waals surface area contributed by atoms with Crippen LogP contribution in [-0.4, -0.2) is 43.1 Å². The van der Waals surface area contributed by atoms with Gasteiger partial charge in [-0.05, 0) is 37.5 Å². The normalized spacial score (nSPS) is 22.8. The summed E-state index contributed by atoms with van der Waals surface area (Å²) in [5, 5.41) is 0.447. The maximum absolute atomic E-state index is 12.8. The molecule has 4 nitrogen and oxygen atoms in total. The van der Waals surface area contributed by atoms with Crippen LogP contribution in [0.15, 0.2) is 23.1 Å². The van der Waals surface area contributed by atoms with Crippen molar-refractivity contribution in [2.24, 2.45) is 0 Å². The van der Waals surface area contributed by atoms with Crippen LogP contribution in [0.2, 0.25) is 5.02 Å². The average Bonchev–Trinajstić information content (AvgIpc) is 2.90. The van der Waals surface area contributed by atoms with Crippen LogP contribution in [0.4, 0.5) is 0 Å². The molecule has 0 radical (unpaired) electrons. The first-order valence-electron chi connectivity index (χ1n) is 6.97. The van der Waals surface area contributed by atoms with E-state index >= 15 is 0 Å². The van der Waals surface area contributed by atoms with Gasteiger partial charge >= 0.3 is 0 Å². The number of piperidine rings is 1. The molecule has 1 aromatic carbocycles. The maximum atomic E-state index is 12.8. The minimum absolute atomic E-state index is 0.157. The van der Waals surface area contributed by atoms with E-state index in [2.05, 4.69) is 0 Å². The molecule has 2 heterocycles. The van der Waals surface area contributed by atoms with Crippen molar-refractivity contribution in [1.82, 2.24) is 4.31 Å². The molecule has 21 heavy (non-hydrogen) atoms. The summed E-state index contributed by atoms with van der Waals surface area (Å²) in [6.07, 6.45) is 1.49. The Labute approximate surface area is 134 Å². The highest BCUT2D eigenvalue weighted by Crippen LogP contribution is 2.42. The van der Waals surface area contributed by atoms with Crippen LogP contribution >= 0.6 is 23.4 Å². The summed E-state index contributed by atoms with van der Waals surface area (Å²) in [5.74, 6) is 1.00. The van der Waals surface area contributed by atoms with Gasteiger partial charge in [0.05, 0.1) is 11.5 Å². The van der Waals surface area contributed by atoms with Gasteiger partial charge in [0, 0.05) is 23.9 Å². The van der Waals surface area contributed by atoms with Crippen molar-refractivity contribution in [1.29, 1.82) is 0 Å². The number of hydrogen-bond acceptors (Lipinski definition) is 4. The molecule has 7 heteroatoms. The molecule has 0 aliphatic carbocycles. The number of ether oxygens (including phenoxy) is 1. The molecule has 0 amide bonds. The minimum Gasteiger partial charge on any atom is -0.363 e. The number of benzene rings is 1. The molecule has 1 spiro atoms. The molecule has 0 unspecified atom stereocenters. The predicted octanol–water partition coefficient (Wildman–Crippen LogP) is 2.89. The lowest BCUT2D eigenvalue weighted by molar-refractivity contribution is 0.0162. The number of rotatable bonds is 2. The summed E-state index contributed by atoms with van der Waals surface area (Å²) in [6, 6.07) is 5.00. The smallest absolute Gasteiger partial charge is 0.243 e. The van der Waals surface area contributed by atoms with Crippen molar-refractivity contribution in [2.45, 2.75) is 29.6 Å². The van der Waals surface area contributed by atoms with E-state index in [1.165, 1.54) is 6.07 Å². The van der Waals surface area contributed by atoms with Gasteiger partial charge in [-0.25, -0.2) is 8.42 Å². The number of nitrogens with zero attached hydrogens (tertiary/aromatic N) is 1. The summed E-state index contributed by atoms with van der Waals surface area (Å²) < 4.78 is 32.9. The van der Waals surface area contributed by atoms with Crippen LogP contribution in [0, 0.1) is 6.92 Å². The Morgan fingerprint density at radius 1 is 1.33 bits per heavy atom. The number of hydrogen-bond donors (Lipinski definition) is 0. The fourth-order valence-electron chi connectivity index (χ4n) is 2.84. The first-order chi connectivity index (χ1) is 9.93. The highest BCUT2D eigenvalue weighted by Gasteiger charge is 2.42. The van der Waals surface area contributed by atoms with Crippen molar-refractivity contribution in [3.8, 4) is 0 Å². The van der Waals surface area contributed by atoms with Crippen LogP contribution in [0.5, 0.6) is 0 Å². The second kappa shape index (κ2) is 5.74. The molecular weight excluding hydrogens is 330 g/mol. The lowest BCUT2D eigenvalue weighted by Gasteiger charge is -2.37. The summed E-state index contributed by atoms with van der Waals surface area (Å²) in [5.41, 5.74) is 0.728. The zero-order chi connectivity index (χ0) is 15.1. The van der Waals surface area contributed by atoms with Crippen molar-refractivity contribution in [2.75, 3.05) is 25.4 Å². The van der Waals surface area contributed by atoms with Crippen LogP contribution < -0.4 is 0 Å². The summed E-state index contributed by atoms with van der Waals surface area (Å²) in [4.78, 5) is 0.154. The van der Waals surface area contributed by atoms with Crippen molar-refractivity contribution >= 4 is 33.4 Å². The Balaban J connectivity index is 1.82. The predicted molar refractivity (Wildman–Crippen MR) is 85.3 cm³/mol. The first-order valence-corrected chi connectivity index (χ1v) is 9.78. The molecular formula is C14H18ClNO3S2. The molecule has 0 N–H and O–H groups in total. The summed E-state index contributed by atoms with van der Waals surface area (Å²) in [6.45, 7) is 3.57. The lowest BCUT2D eigenvalue weighted by atomic mass is 10.1. The zero-order valence-electron chi connectivity index (χ0n) is 11.8. The van der Waals surface area contributed by atoms with Crippen LogP contribution in [0.1, 0.15) is 18.4 Å². The first kappa shape index (κ1) is 15.6. The Bertz CT molecular complexity index is 632. The molecule has 1 aromatic rings. The largest absolute Gasteiger partial charge is 0.363 e. The topological polar surface area (TPSA) is 46.6 Å². The van der Waals surface area contributed by atoms with Gasteiger partial charge in [-0.15, -0.1) is 11.8 Å². The van der Waals surface area contributed by atoms with Gasteiger partial charge < -0.3 is 4.74 Å². The standard InChI is InChI=1S/C14H18ClNO3S2/c1-11-2-3-12(15)10-13(11)21(17,18)16-6-4-14(5-7-16)19-8-9-20-14/h2-3,10H,4-9H2,1H3. The van der Waals surface area contributed by atoms with E-state index in [1.54, 1.807) is 23.4 Å². The van der Waals surface area contributed by atoms with Crippen molar-refractivity contribution in [3.05, 3.63) is 28.8 Å². The lowest BCUT2D eigenvalue weighted by Crippen LogP contribution is -2.45. The molecule has 2 aliphatic heterocycles. The Morgan fingerprint density at radius 3 is 2.67 bits per heavy atom. The van der Waals surface area contributed by atoms with Gasteiger partial charge in [0.2, 0.25) is 10.0 Å². The van der Waals surface area contributed by atoms with Crippen LogP contribution in [0.3, 0.4) is 0 Å². The van der Waals surface area contributed by atoms with E-state index < -0.39 is 10.0 Å². The SMILES string of the molecule is Cc1ccc(Cl)cc1S(=O)(=O)N1CCC2(CC1)OCCS2. The number of thioether (sulfide) groups is 1. The van der Waals surface area contributed by atoms with Crippen molar-refractivity contribution in [3.63, 3.8) is 0 Å². The third-order valence-corrected chi connectivity index (χ3v) is 7.76.